The summed E-state index contributed by atoms with van der Waals surface area (Å²) in [5, 5.41) is 0.513. The number of halogens is 3. The lowest BCUT2D eigenvalue weighted by Crippen LogP contribution is -2.44. The number of carbonyl (C=O) groups is 1. The molecule has 1 aliphatic rings. The fraction of sp³-hybridized carbons (Fsp3) is 0.350. The Labute approximate surface area is 191 Å². The van der Waals surface area contributed by atoms with Gasteiger partial charge in [0.25, 0.3) is 15.9 Å². The number of nitrogens with one attached hydrogen (secondary N) is 1. The summed E-state index contributed by atoms with van der Waals surface area (Å²) in [4.78, 5) is 16.7. The van der Waals surface area contributed by atoms with Crippen LogP contribution in [0.5, 0.6) is 0 Å². The van der Waals surface area contributed by atoms with Crippen LogP contribution >= 0.6 is 34.8 Å². The molecule has 1 N–H and O–H groups in total. The number of piperidine rings is 1. The monoisotopic (exact) mass is 489 g/mol. The summed E-state index contributed by atoms with van der Waals surface area (Å²) >= 11 is 18.2. The van der Waals surface area contributed by atoms with Crippen LogP contribution in [0.4, 0.5) is 5.69 Å². The van der Waals surface area contributed by atoms with E-state index < -0.39 is 10.0 Å². The van der Waals surface area contributed by atoms with Crippen molar-refractivity contribution in [3.05, 3.63) is 57.0 Å². The zero-order valence-corrected chi connectivity index (χ0v) is 19.6. The zero-order valence-electron chi connectivity index (χ0n) is 16.5. The highest BCUT2D eigenvalue weighted by atomic mass is 35.5. The molecule has 30 heavy (non-hydrogen) atoms. The van der Waals surface area contributed by atoms with Gasteiger partial charge >= 0.3 is 0 Å². The first-order valence-electron chi connectivity index (χ1n) is 9.31. The molecule has 1 fully saturated rings. The Morgan fingerprint density at radius 1 is 1.07 bits per heavy atom. The maximum absolute atomic E-state index is 13.0. The van der Waals surface area contributed by atoms with Gasteiger partial charge in [-0.1, -0.05) is 34.8 Å². The molecule has 2 aromatic carbocycles. The smallest absolute Gasteiger partial charge is 0.263 e. The van der Waals surface area contributed by atoms with E-state index in [4.69, 9.17) is 34.8 Å². The second-order valence-electron chi connectivity index (χ2n) is 7.33. The van der Waals surface area contributed by atoms with Gasteiger partial charge in [0, 0.05) is 23.7 Å². The van der Waals surface area contributed by atoms with Crippen molar-refractivity contribution in [3.63, 3.8) is 0 Å². The first-order valence-corrected chi connectivity index (χ1v) is 11.9. The number of anilines is 1. The molecular weight excluding hydrogens is 469 g/mol. The SMILES string of the molecule is CN1CCC(N(C)C(=O)c2ccc(Cl)c(S(=O)(=O)Nc3cc(Cl)ccc3Cl)c2)CC1. The van der Waals surface area contributed by atoms with E-state index in [2.05, 4.69) is 9.62 Å². The summed E-state index contributed by atoms with van der Waals surface area (Å²) in [7, 11) is -0.309. The van der Waals surface area contributed by atoms with E-state index >= 15 is 0 Å². The molecule has 3 rings (SSSR count). The van der Waals surface area contributed by atoms with E-state index in [1.165, 1.54) is 30.3 Å². The van der Waals surface area contributed by atoms with E-state index in [1.807, 2.05) is 7.05 Å². The standard InChI is InChI=1S/C20H22Cl3N3O3S/c1-25-9-7-15(8-10-25)26(2)20(27)13-3-5-17(23)19(11-13)30(28,29)24-18-12-14(21)4-6-16(18)22/h3-6,11-12,15,24H,7-10H2,1-2H3. The van der Waals surface area contributed by atoms with Crippen molar-refractivity contribution < 1.29 is 13.2 Å². The lowest BCUT2D eigenvalue weighted by molar-refractivity contribution is 0.0659. The van der Waals surface area contributed by atoms with Gasteiger partial charge in [0.15, 0.2) is 0 Å². The minimum absolute atomic E-state index is 0.000792. The predicted octanol–water partition coefficient (Wildman–Crippen LogP) is 4.61. The van der Waals surface area contributed by atoms with Gasteiger partial charge in [-0.05, 0) is 69.4 Å². The van der Waals surface area contributed by atoms with E-state index in [0.29, 0.717) is 5.02 Å². The maximum atomic E-state index is 13.0. The number of hydrogen-bond donors (Lipinski definition) is 1. The number of benzene rings is 2. The van der Waals surface area contributed by atoms with Crippen LogP contribution in [0.3, 0.4) is 0 Å². The van der Waals surface area contributed by atoms with Crippen LogP contribution < -0.4 is 4.72 Å². The Morgan fingerprint density at radius 3 is 2.37 bits per heavy atom. The molecule has 0 aromatic heterocycles. The average Bonchev–Trinajstić information content (AvgIpc) is 2.70. The average molecular weight is 491 g/mol. The molecule has 0 radical (unpaired) electrons. The largest absolute Gasteiger partial charge is 0.339 e. The van der Waals surface area contributed by atoms with Gasteiger partial charge in [-0.2, -0.15) is 0 Å². The topological polar surface area (TPSA) is 69.7 Å². The van der Waals surface area contributed by atoms with Gasteiger partial charge in [0.2, 0.25) is 0 Å². The van der Waals surface area contributed by atoms with Crippen LogP contribution in [-0.2, 0) is 10.0 Å². The number of carbonyl (C=O) groups excluding carboxylic acids is 1. The normalized spacial score (nSPS) is 15.8. The van der Waals surface area contributed by atoms with Crippen molar-refractivity contribution in [2.24, 2.45) is 0 Å². The number of amides is 1. The minimum Gasteiger partial charge on any atom is -0.339 e. The third-order valence-corrected chi connectivity index (χ3v) is 7.61. The highest BCUT2D eigenvalue weighted by molar-refractivity contribution is 7.92. The predicted molar refractivity (Wildman–Crippen MR) is 121 cm³/mol. The molecule has 1 amide bonds. The molecule has 0 saturated carbocycles. The van der Waals surface area contributed by atoms with Crippen LogP contribution in [0.25, 0.3) is 0 Å². The van der Waals surface area contributed by atoms with Crippen molar-refractivity contribution in [2.75, 3.05) is 31.9 Å². The molecule has 10 heteroatoms. The molecule has 1 aliphatic heterocycles. The summed E-state index contributed by atoms with van der Waals surface area (Å²) in [5.74, 6) is -0.251. The molecule has 2 aromatic rings. The minimum atomic E-state index is -4.10. The molecule has 1 heterocycles. The number of rotatable bonds is 5. The molecule has 0 aliphatic carbocycles. The molecule has 162 valence electrons. The lowest BCUT2D eigenvalue weighted by atomic mass is 10.0. The number of nitrogens with zero attached hydrogens (tertiary/aromatic N) is 2. The van der Waals surface area contributed by atoms with E-state index in [9.17, 15) is 13.2 Å². The Balaban J connectivity index is 1.87. The third kappa shape index (κ3) is 5.21. The quantitative estimate of drug-likeness (QED) is 0.664. The van der Waals surface area contributed by atoms with Crippen LogP contribution in [0.1, 0.15) is 23.2 Å². The van der Waals surface area contributed by atoms with Gasteiger partial charge in [0.1, 0.15) is 4.90 Å². The highest BCUT2D eigenvalue weighted by Crippen LogP contribution is 2.30. The number of hydrogen-bond acceptors (Lipinski definition) is 4. The molecular formula is C20H22Cl3N3O3S. The van der Waals surface area contributed by atoms with E-state index in [1.54, 1.807) is 18.0 Å². The van der Waals surface area contributed by atoms with Crippen LogP contribution in [0, 0.1) is 0 Å². The maximum Gasteiger partial charge on any atom is 0.263 e. The Hall–Kier alpha value is -1.51. The molecule has 6 nitrogen and oxygen atoms in total. The van der Waals surface area contributed by atoms with E-state index in [0.717, 1.165) is 25.9 Å². The van der Waals surface area contributed by atoms with Crippen molar-refractivity contribution in [3.8, 4) is 0 Å². The molecule has 0 unspecified atom stereocenters. The molecule has 1 saturated heterocycles. The van der Waals surface area contributed by atoms with Crippen molar-refractivity contribution in [2.45, 2.75) is 23.8 Å². The van der Waals surface area contributed by atoms with Gasteiger partial charge in [-0.15, -0.1) is 0 Å². The van der Waals surface area contributed by atoms with Crippen LogP contribution in [0.15, 0.2) is 41.3 Å². The zero-order chi connectivity index (χ0) is 22.1. The lowest BCUT2D eigenvalue weighted by Gasteiger charge is -2.35. The second kappa shape index (κ2) is 9.32. The van der Waals surface area contributed by atoms with Crippen molar-refractivity contribution >= 4 is 56.4 Å². The number of likely N-dealkylation sites (tertiary alicyclic amines) is 1. The van der Waals surface area contributed by atoms with Gasteiger partial charge < -0.3 is 9.80 Å². The van der Waals surface area contributed by atoms with Crippen LogP contribution in [0.2, 0.25) is 15.1 Å². The van der Waals surface area contributed by atoms with Gasteiger partial charge in [-0.25, -0.2) is 8.42 Å². The first-order chi connectivity index (χ1) is 14.1. The van der Waals surface area contributed by atoms with Crippen molar-refractivity contribution in [1.82, 2.24) is 9.80 Å². The fourth-order valence-corrected chi connectivity index (χ4v) is 5.36. The number of sulfonamides is 1. The van der Waals surface area contributed by atoms with Gasteiger partial charge in [0.05, 0.1) is 15.7 Å². The third-order valence-electron chi connectivity index (χ3n) is 5.20. The Bertz CT molecular complexity index is 1050. The first kappa shape index (κ1) is 23.2. The molecule has 0 atom stereocenters. The van der Waals surface area contributed by atoms with Gasteiger partial charge in [-0.3, -0.25) is 9.52 Å². The Kier molecular flexibility index (Phi) is 7.20. The summed E-state index contributed by atoms with van der Waals surface area (Å²) in [6.07, 6.45) is 1.73. The molecule has 0 bridgehead atoms. The second-order valence-corrected chi connectivity index (χ2v) is 10.2. The summed E-state index contributed by atoms with van der Waals surface area (Å²) in [5.41, 5.74) is 0.374. The van der Waals surface area contributed by atoms with Crippen molar-refractivity contribution in [1.29, 1.82) is 0 Å². The summed E-state index contributed by atoms with van der Waals surface area (Å²) in [6, 6.07) is 8.77. The summed E-state index contributed by atoms with van der Waals surface area (Å²) < 4.78 is 28.3. The summed E-state index contributed by atoms with van der Waals surface area (Å²) in [6.45, 7) is 1.82. The van der Waals surface area contributed by atoms with E-state index in [-0.39, 0.29) is 38.1 Å². The fourth-order valence-electron chi connectivity index (χ4n) is 3.37. The highest BCUT2D eigenvalue weighted by Gasteiger charge is 2.27. The van der Waals surface area contributed by atoms with Crippen LogP contribution in [-0.4, -0.2) is 57.4 Å². The molecule has 0 spiro atoms. The Morgan fingerprint density at radius 2 is 1.70 bits per heavy atom.